The van der Waals surface area contributed by atoms with Crippen LogP contribution in [0, 0.1) is 0 Å². The molecule has 0 aliphatic carbocycles. The van der Waals surface area contributed by atoms with Crippen molar-refractivity contribution >= 4 is 17.0 Å². The van der Waals surface area contributed by atoms with Gasteiger partial charge in [0.25, 0.3) is 0 Å². The highest BCUT2D eigenvalue weighted by Gasteiger charge is 2.17. The van der Waals surface area contributed by atoms with Gasteiger partial charge in [-0.05, 0) is 47.7 Å². The monoisotopic (exact) mass is 412 g/mol. The van der Waals surface area contributed by atoms with Crippen LogP contribution < -0.4 is 0 Å². The van der Waals surface area contributed by atoms with Crippen LogP contribution in [0.25, 0.3) is 22.4 Å². The Bertz CT molecular complexity index is 1210. The molecule has 0 saturated carbocycles. The zero-order chi connectivity index (χ0) is 22.0. The number of nitrogens with zero attached hydrogens (tertiary/aromatic N) is 2. The number of imidazole rings is 1. The van der Waals surface area contributed by atoms with Gasteiger partial charge in [0.2, 0.25) is 0 Å². The van der Waals surface area contributed by atoms with Crippen molar-refractivity contribution in [1.29, 1.82) is 0 Å². The van der Waals surface area contributed by atoms with E-state index in [-0.39, 0.29) is 11.4 Å². The molecule has 0 unspecified atom stereocenters. The van der Waals surface area contributed by atoms with Crippen LogP contribution in [0.4, 0.5) is 0 Å². The summed E-state index contributed by atoms with van der Waals surface area (Å²) in [5.74, 6) is 0.626. The number of esters is 1. The molecule has 0 atom stereocenters. The number of hydrogen-bond donors (Lipinski definition) is 0. The second-order valence-corrected chi connectivity index (χ2v) is 8.76. The summed E-state index contributed by atoms with van der Waals surface area (Å²) in [6.07, 6.45) is 0. The van der Waals surface area contributed by atoms with E-state index >= 15 is 0 Å². The number of rotatable bonds is 5. The SMILES string of the molecule is CCOC(=O)c1cccc(Cn2c(-c3ccc(C(C)(C)C)cc3)nc3ccccc32)c1. The molecule has 4 heteroatoms. The smallest absolute Gasteiger partial charge is 0.338 e. The maximum atomic E-state index is 12.2. The molecule has 4 rings (SSSR count). The van der Waals surface area contributed by atoms with Crippen LogP contribution in [0.2, 0.25) is 0 Å². The quantitative estimate of drug-likeness (QED) is 0.365. The minimum atomic E-state index is -0.294. The van der Waals surface area contributed by atoms with Gasteiger partial charge in [0.1, 0.15) is 5.82 Å². The standard InChI is InChI=1S/C27H28N2O2/c1-5-31-26(30)21-10-8-9-19(17-21)18-29-24-12-7-6-11-23(24)28-25(29)20-13-15-22(16-14-20)27(2,3)4/h6-17H,5,18H2,1-4H3. The Labute approximate surface area is 183 Å². The largest absolute Gasteiger partial charge is 0.462 e. The minimum absolute atomic E-state index is 0.103. The number of benzene rings is 3. The third-order valence-electron chi connectivity index (χ3n) is 5.44. The van der Waals surface area contributed by atoms with E-state index in [9.17, 15) is 4.79 Å². The first-order chi connectivity index (χ1) is 14.9. The van der Waals surface area contributed by atoms with Gasteiger partial charge < -0.3 is 9.30 Å². The maximum Gasteiger partial charge on any atom is 0.338 e. The molecule has 0 aliphatic heterocycles. The highest BCUT2D eigenvalue weighted by molar-refractivity contribution is 5.89. The van der Waals surface area contributed by atoms with E-state index in [0.717, 1.165) is 28.0 Å². The summed E-state index contributed by atoms with van der Waals surface area (Å²) in [7, 11) is 0. The van der Waals surface area contributed by atoms with Gasteiger partial charge in [0.05, 0.1) is 23.2 Å². The van der Waals surface area contributed by atoms with Crippen LogP contribution >= 0.6 is 0 Å². The van der Waals surface area contributed by atoms with Gasteiger partial charge in [-0.25, -0.2) is 9.78 Å². The zero-order valence-electron chi connectivity index (χ0n) is 18.6. The van der Waals surface area contributed by atoms with E-state index in [2.05, 4.69) is 55.7 Å². The molecule has 4 nitrogen and oxygen atoms in total. The fourth-order valence-electron chi connectivity index (χ4n) is 3.77. The number of fused-ring (bicyclic) bond motifs is 1. The molecule has 0 radical (unpaired) electrons. The Kier molecular flexibility index (Phi) is 5.64. The summed E-state index contributed by atoms with van der Waals surface area (Å²) in [5, 5.41) is 0. The van der Waals surface area contributed by atoms with Crippen molar-refractivity contribution in [3.63, 3.8) is 0 Å². The van der Waals surface area contributed by atoms with Crippen LogP contribution in [-0.4, -0.2) is 22.1 Å². The van der Waals surface area contributed by atoms with Crippen LogP contribution in [0.15, 0.2) is 72.8 Å². The molecule has 1 aromatic heterocycles. The lowest BCUT2D eigenvalue weighted by Crippen LogP contribution is -2.10. The van der Waals surface area contributed by atoms with Gasteiger partial charge in [-0.2, -0.15) is 0 Å². The van der Waals surface area contributed by atoms with Gasteiger partial charge in [0, 0.05) is 12.1 Å². The van der Waals surface area contributed by atoms with Crippen molar-refractivity contribution in [2.24, 2.45) is 0 Å². The Morgan fingerprint density at radius 1 is 0.968 bits per heavy atom. The molecule has 0 aliphatic rings. The highest BCUT2D eigenvalue weighted by Crippen LogP contribution is 2.29. The lowest BCUT2D eigenvalue weighted by Gasteiger charge is -2.19. The normalized spacial score (nSPS) is 11.6. The summed E-state index contributed by atoms with van der Waals surface area (Å²) in [4.78, 5) is 17.1. The molecule has 1 heterocycles. The minimum Gasteiger partial charge on any atom is -0.462 e. The number of para-hydroxylation sites is 2. The third-order valence-corrected chi connectivity index (χ3v) is 5.44. The highest BCUT2D eigenvalue weighted by atomic mass is 16.5. The van der Waals surface area contributed by atoms with E-state index in [0.29, 0.717) is 18.7 Å². The number of hydrogen-bond acceptors (Lipinski definition) is 3. The Hall–Kier alpha value is -3.40. The van der Waals surface area contributed by atoms with Crippen LogP contribution in [0.3, 0.4) is 0 Å². The lowest BCUT2D eigenvalue weighted by molar-refractivity contribution is 0.0526. The molecule has 0 amide bonds. The van der Waals surface area contributed by atoms with Crippen molar-refractivity contribution in [2.45, 2.75) is 39.7 Å². The molecular weight excluding hydrogens is 384 g/mol. The Morgan fingerprint density at radius 3 is 2.42 bits per heavy atom. The second-order valence-electron chi connectivity index (χ2n) is 8.76. The molecule has 0 fully saturated rings. The molecule has 4 aromatic rings. The van der Waals surface area contributed by atoms with Gasteiger partial charge >= 0.3 is 5.97 Å². The summed E-state index contributed by atoms with van der Waals surface area (Å²) < 4.78 is 7.38. The lowest BCUT2D eigenvalue weighted by atomic mass is 9.87. The molecule has 3 aromatic carbocycles. The molecule has 0 bridgehead atoms. The first kappa shape index (κ1) is 20.9. The van der Waals surface area contributed by atoms with E-state index in [4.69, 9.17) is 9.72 Å². The predicted octanol–water partition coefficient (Wildman–Crippen LogP) is 6.23. The number of carbonyl (C=O) groups is 1. The predicted molar refractivity (Wildman–Crippen MR) is 125 cm³/mol. The van der Waals surface area contributed by atoms with Gasteiger partial charge in [-0.15, -0.1) is 0 Å². The van der Waals surface area contributed by atoms with Gasteiger partial charge in [0.15, 0.2) is 0 Å². The second kappa shape index (κ2) is 8.38. The fraction of sp³-hybridized carbons (Fsp3) is 0.259. The molecule has 0 N–H and O–H groups in total. The van der Waals surface area contributed by atoms with Crippen LogP contribution in [-0.2, 0) is 16.7 Å². The number of ether oxygens (including phenoxy) is 1. The first-order valence-corrected chi connectivity index (χ1v) is 10.7. The molecule has 0 spiro atoms. The molecule has 158 valence electrons. The fourth-order valence-corrected chi connectivity index (χ4v) is 3.77. The molecule has 31 heavy (non-hydrogen) atoms. The molecular formula is C27H28N2O2. The maximum absolute atomic E-state index is 12.2. The summed E-state index contributed by atoms with van der Waals surface area (Å²) >= 11 is 0. The summed E-state index contributed by atoms with van der Waals surface area (Å²) in [6.45, 7) is 9.44. The number of carbonyl (C=O) groups excluding carboxylic acids is 1. The van der Waals surface area contributed by atoms with E-state index in [1.807, 2.05) is 43.3 Å². The van der Waals surface area contributed by atoms with E-state index < -0.39 is 0 Å². The average Bonchev–Trinajstić information content (AvgIpc) is 3.12. The zero-order valence-corrected chi connectivity index (χ0v) is 18.6. The van der Waals surface area contributed by atoms with Crippen LogP contribution in [0.1, 0.15) is 49.2 Å². The van der Waals surface area contributed by atoms with E-state index in [1.54, 1.807) is 6.07 Å². The molecule has 0 saturated heterocycles. The third kappa shape index (κ3) is 4.38. The van der Waals surface area contributed by atoms with Gasteiger partial charge in [-0.3, -0.25) is 0 Å². The van der Waals surface area contributed by atoms with Crippen molar-refractivity contribution in [3.8, 4) is 11.4 Å². The van der Waals surface area contributed by atoms with Crippen molar-refractivity contribution < 1.29 is 9.53 Å². The Morgan fingerprint density at radius 2 is 1.71 bits per heavy atom. The van der Waals surface area contributed by atoms with Crippen molar-refractivity contribution in [1.82, 2.24) is 9.55 Å². The van der Waals surface area contributed by atoms with Crippen LogP contribution in [0.5, 0.6) is 0 Å². The van der Waals surface area contributed by atoms with Gasteiger partial charge in [-0.1, -0.05) is 69.3 Å². The van der Waals surface area contributed by atoms with Crippen molar-refractivity contribution in [3.05, 3.63) is 89.5 Å². The summed E-state index contributed by atoms with van der Waals surface area (Å²) in [6, 6.07) is 24.4. The average molecular weight is 413 g/mol. The topological polar surface area (TPSA) is 44.1 Å². The number of aromatic nitrogens is 2. The Balaban J connectivity index is 1.76. The van der Waals surface area contributed by atoms with Crippen molar-refractivity contribution in [2.75, 3.05) is 6.61 Å². The first-order valence-electron chi connectivity index (χ1n) is 10.7. The van der Waals surface area contributed by atoms with E-state index in [1.165, 1.54) is 5.56 Å². The summed E-state index contributed by atoms with van der Waals surface area (Å²) in [5.41, 5.74) is 6.09.